The first-order chi connectivity index (χ1) is 13.1. The summed E-state index contributed by atoms with van der Waals surface area (Å²) >= 11 is 8.18. The Morgan fingerprint density at radius 1 is 1.11 bits per heavy atom. The van der Waals surface area contributed by atoms with Crippen LogP contribution in [0.2, 0.25) is 0 Å². The molecule has 0 radical (unpaired) electrons. The van der Waals surface area contributed by atoms with E-state index in [1.165, 1.54) is 26.1 Å². The second kappa shape index (κ2) is 7.55. The Labute approximate surface area is 177 Å². The van der Waals surface area contributed by atoms with Crippen molar-refractivity contribution in [2.24, 2.45) is 0 Å². The number of nitrogens with one attached hydrogen (secondary N) is 2. The Balaban J connectivity index is 1.80. The minimum atomic E-state index is 0.00273. The number of thiocarbonyl (C=S) groups is 1. The zero-order chi connectivity index (χ0) is 19.0. The molecule has 1 saturated heterocycles. The van der Waals surface area contributed by atoms with Crippen LogP contribution >= 0.6 is 34.8 Å². The Morgan fingerprint density at radius 2 is 1.89 bits per heavy atom. The molecule has 3 aromatic rings. The molecule has 0 saturated carbocycles. The SMILES string of the molecule is Cc1[nH]c(C)c([C@@H]2[C@@H](c3ccccn3)NC(=S)N2Cc2ccncc2)c1I. The maximum Gasteiger partial charge on any atom is 0.170 e. The lowest BCUT2D eigenvalue weighted by atomic mass is 9.96. The van der Waals surface area contributed by atoms with E-state index in [9.17, 15) is 0 Å². The van der Waals surface area contributed by atoms with Gasteiger partial charge in [0.05, 0.1) is 17.8 Å². The van der Waals surface area contributed by atoms with Crippen molar-refractivity contribution in [1.29, 1.82) is 0 Å². The molecule has 0 aromatic carbocycles. The standard InChI is InChI=1S/C20H20IN5S/c1-12-16(17(21)13(2)24-12)19-18(15-5-3-4-8-23-15)25-20(27)26(19)11-14-6-9-22-10-7-14/h3-10,18-19,24H,11H2,1-2H3,(H,25,27)/t18-,19-/m1/s1. The Hall–Kier alpha value is -2.00. The smallest absolute Gasteiger partial charge is 0.170 e. The minimum absolute atomic E-state index is 0.00273. The van der Waals surface area contributed by atoms with Gasteiger partial charge in [0.25, 0.3) is 0 Å². The molecule has 5 nitrogen and oxygen atoms in total. The molecular formula is C20H20IN5S. The predicted octanol–water partition coefficient (Wildman–Crippen LogP) is 4.20. The molecule has 138 valence electrons. The zero-order valence-electron chi connectivity index (χ0n) is 15.1. The van der Waals surface area contributed by atoms with Gasteiger partial charge in [0.15, 0.2) is 5.11 Å². The lowest BCUT2D eigenvalue weighted by Gasteiger charge is -2.28. The fourth-order valence-electron chi connectivity index (χ4n) is 3.70. The molecule has 4 heterocycles. The number of aryl methyl sites for hydroxylation is 2. The maximum atomic E-state index is 5.75. The average molecular weight is 489 g/mol. The molecule has 0 bridgehead atoms. The third-order valence-corrected chi connectivity index (χ3v) is 6.68. The fourth-order valence-corrected chi connectivity index (χ4v) is 4.86. The van der Waals surface area contributed by atoms with E-state index in [2.05, 4.69) is 67.7 Å². The van der Waals surface area contributed by atoms with Gasteiger partial charge in [-0.3, -0.25) is 9.97 Å². The third-order valence-electron chi connectivity index (χ3n) is 4.94. The van der Waals surface area contributed by atoms with Crippen molar-refractivity contribution < 1.29 is 0 Å². The molecule has 1 fully saturated rings. The molecule has 0 aliphatic carbocycles. The summed E-state index contributed by atoms with van der Waals surface area (Å²) in [6.45, 7) is 4.97. The van der Waals surface area contributed by atoms with Crippen LogP contribution in [0, 0.1) is 17.4 Å². The topological polar surface area (TPSA) is 56.8 Å². The number of hydrogen-bond donors (Lipinski definition) is 2. The van der Waals surface area contributed by atoms with Gasteiger partial charge in [-0.25, -0.2) is 0 Å². The van der Waals surface area contributed by atoms with Crippen LogP contribution in [0.4, 0.5) is 0 Å². The highest BCUT2D eigenvalue weighted by atomic mass is 127. The number of rotatable bonds is 4. The molecule has 27 heavy (non-hydrogen) atoms. The van der Waals surface area contributed by atoms with Gasteiger partial charge in [0.2, 0.25) is 0 Å². The monoisotopic (exact) mass is 489 g/mol. The number of aromatic amines is 1. The van der Waals surface area contributed by atoms with Gasteiger partial charge in [0, 0.05) is 45.7 Å². The zero-order valence-corrected chi connectivity index (χ0v) is 18.1. The summed E-state index contributed by atoms with van der Waals surface area (Å²) in [5.74, 6) is 0. The Morgan fingerprint density at radius 3 is 2.52 bits per heavy atom. The number of aromatic nitrogens is 3. The summed E-state index contributed by atoms with van der Waals surface area (Å²) in [7, 11) is 0. The Kier molecular flexibility index (Phi) is 5.14. The molecule has 2 atom stereocenters. The molecule has 0 unspecified atom stereocenters. The number of halogens is 1. The first-order valence-electron chi connectivity index (χ1n) is 8.77. The van der Waals surface area contributed by atoms with Crippen LogP contribution in [-0.4, -0.2) is 25.0 Å². The van der Waals surface area contributed by atoms with Gasteiger partial charge < -0.3 is 15.2 Å². The lowest BCUT2D eigenvalue weighted by molar-refractivity contribution is 0.309. The van der Waals surface area contributed by atoms with Crippen LogP contribution in [-0.2, 0) is 6.54 Å². The van der Waals surface area contributed by atoms with Crippen molar-refractivity contribution in [3.05, 3.63) is 80.7 Å². The molecule has 1 aliphatic rings. The number of H-pyrrole nitrogens is 1. The molecule has 0 amide bonds. The van der Waals surface area contributed by atoms with E-state index < -0.39 is 0 Å². The van der Waals surface area contributed by atoms with Crippen LogP contribution < -0.4 is 5.32 Å². The summed E-state index contributed by atoms with van der Waals surface area (Å²) in [5, 5.41) is 4.27. The first kappa shape index (κ1) is 18.4. The number of pyridine rings is 2. The van der Waals surface area contributed by atoms with Crippen LogP contribution in [0.15, 0.2) is 48.9 Å². The van der Waals surface area contributed by atoms with Gasteiger partial charge in [0.1, 0.15) is 0 Å². The summed E-state index contributed by atoms with van der Waals surface area (Å²) in [6, 6.07) is 10.2. The van der Waals surface area contributed by atoms with Crippen LogP contribution in [0.1, 0.15) is 40.3 Å². The third kappa shape index (κ3) is 3.45. The fraction of sp³-hybridized carbons (Fsp3) is 0.250. The predicted molar refractivity (Wildman–Crippen MR) is 118 cm³/mol. The van der Waals surface area contributed by atoms with E-state index in [0.717, 1.165) is 17.4 Å². The summed E-state index contributed by atoms with van der Waals surface area (Å²) in [5.41, 5.74) is 5.82. The Bertz CT molecular complexity index is 957. The quantitative estimate of drug-likeness (QED) is 0.425. The van der Waals surface area contributed by atoms with Gasteiger partial charge in [-0.05, 0) is 78.5 Å². The van der Waals surface area contributed by atoms with Crippen LogP contribution in [0.5, 0.6) is 0 Å². The van der Waals surface area contributed by atoms with Crippen molar-refractivity contribution in [3.8, 4) is 0 Å². The van der Waals surface area contributed by atoms with Crippen molar-refractivity contribution in [2.45, 2.75) is 32.5 Å². The van der Waals surface area contributed by atoms with Gasteiger partial charge in [-0.1, -0.05) is 6.07 Å². The van der Waals surface area contributed by atoms with Gasteiger partial charge in [-0.2, -0.15) is 0 Å². The van der Waals surface area contributed by atoms with Crippen LogP contribution in [0.3, 0.4) is 0 Å². The summed E-state index contributed by atoms with van der Waals surface area (Å²) in [6.07, 6.45) is 5.48. The molecule has 2 N–H and O–H groups in total. The summed E-state index contributed by atoms with van der Waals surface area (Å²) in [4.78, 5) is 14.5. The molecule has 1 aliphatic heterocycles. The van der Waals surface area contributed by atoms with Crippen molar-refractivity contribution >= 4 is 39.9 Å². The second-order valence-corrected chi connectivity index (χ2v) is 8.18. The highest BCUT2D eigenvalue weighted by molar-refractivity contribution is 14.1. The van der Waals surface area contributed by atoms with Crippen molar-refractivity contribution in [1.82, 2.24) is 25.2 Å². The minimum Gasteiger partial charge on any atom is -0.362 e. The van der Waals surface area contributed by atoms with Crippen molar-refractivity contribution in [2.75, 3.05) is 0 Å². The van der Waals surface area contributed by atoms with E-state index in [4.69, 9.17) is 12.2 Å². The van der Waals surface area contributed by atoms with Crippen molar-refractivity contribution in [3.63, 3.8) is 0 Å². The first-order valence-corrected chi connectivity index (χ1v) is 10.3. The highest BCUT2D eigenvalue weighted by Crippen LogP contribution is 2.43. The number of nitrogens with zero attached hydrogens (tertiary/aromatic N) is 3. The van der Waals surface area contributed by atoms with E-state index in [0.29, 0.717) is 0 Å². The molecule has 0 spiro atoms. The summed E-state index contributed by atoms with van der Waals surface area (Å²) < 4.78 is 1.25. The van der Waals surface area contributed by atoms with Gasteiger partial charge >= 0.3 is 0 Å². The highest BCUT2D eigenvalue weighted by Gasteiger charge is 2.42. The largest absolute Gasteiger partial charge is 0.362 e. The van der Waals surface area contributed by atoms with E-state index in [1.807, 2.05) is 42.9 Å². The number of hydrogen-bond acceptors (Lipinski definition) is 3. The normalized spacial score (nSPS) is 19.4. The molecular weight excluding hydrogens is 469 g/mol. The lowest BCUT2D eigenvalue weighted by Crippen LogP contribution is -2.29. The van der Waals surface area contributed by atoms with E-state index in [-0.39, 0.29) is 12.1 Å². The van der Waals surface area contributed by atoms with Gasteiger partial charge in [-0.15, -0.1) is 0 Å². The maximum absolute atomic E-state index is 5.75. The molecule has 4 rings (SSSR count). The van der Waals surface area contributed by atoms with E-state index in [1.54, 1.807) is 0 Å². The molecule has 3 aromatic heterocycles. The second-order valence-electron chi connectivity index (χ2n) is 6.71. The average Bonchev–Trinajstić information content (AvgIpc) is 3.12. The van der Waals surface area contributed by atoms with E-state index >= 15 is 0 Å². The van der Waals surface area contributed by atoms with Crippen LogP contribution in [0.25, 0.3) is 0 Å². The molecule has 7 heteroatoms.